The molecule has 2 heterocycles. The Hall–Kier alpha value is -7.39. The third-order valence-electron chi connectivity index (χ3n) is 9.61. The SMILES string of the molecule is [C-]#[N+]c1cccc2c1c1ccccc1n2-c1ccccc1-c1cccc(C#N)c1-c1cccc(-n2c3ccccc3c3cc(C#N)ccc32)c1. The monoisotopic (exact) mass is 635 g/mol. The first-order chi connectivity index (χ1) is 24.7. The molecule has 0 bridgehead atoms. The molecular weight excluding hydrogens is 611 g/mol. The summed E-state index contributed by atoms with van der Waals surface area (Å²) in [6.45, 7) is 7.91. The molecule has 9 aromatic rings. The second-order valence-electron chi connectivity index (χ2n) is 12.2. The van der Waals surface area contributed by atoms with E-state index in [1.54, 1.807) is 0 Å². The van der Waals surface area contributed by atoms with Gasteiger partial charge in [-0.25, -0.2) is 4.85 Å². The smallest absolute Gasteiger partial charge is 0.197 e. The fourth-order valence-corrected chi connectivity index (χ4v) is 7.55. The number of nitriles is 2. The third kappa shape index (κ3) is 4.24. The second-order valence-corrected chi connectivity index (χ2v) is 12.2. The van der Waals surface area contributed by atoms with Crippen molar-refractivity contribution in [2.45, 2.75) is 0 Å². The molecule has 7 aromatic carbocycles. The lowest BCUT2D eigenvalue weighted by atomic mass is 9.90. The fourth-order valence-electron chi connectivity index (χ4n) is 7.55. The van der Waals surface area contributed by atoms with Gasteiger partial charge in [0.15, 0.2) is 5.69 Å². The largest absolute Gasteiger partial charge is 0.310 e. The first kappa shape index (κ1) is 28.8. The highest BCUT2D eigenvalue weighted by atomic mass is 15.0. The molecule has 0 fully saturated rings. The van der Waals surface area contributed by atoms with Crippen LogP contribution in [0.4, 0.5) is 5.69 Å². The fraction of sp³-hybridized carbons (Fsp3) is 0. The summed E-state index contributed by atoms with van der Waals surface area (Å²) >= 11 is 0. The maximum Gasteiger partial charge on any atom is 0.197 e. The number of nitrogens with zero attached hydrogens (tertiary/aromatic N) is 5. The summed E-state index contributed by atoms with van der Waals surface area (Å²) < 4.78 is 4.46. The molecule has 0 radical (unpaired) electrons. The zero-order valence-electron chi connectivity index (χ0n) is 26.7. The van der Waals surface area contributed by atoms with E-state index in [1.807, 2.05) is 84.9 Å². The van der Waals surface area contributed by atoms with Gasteiger partial charge in [0.25, 0.3) is 0 Å². The molecule has 5 nitrogen and oxygen atoms in total. The highest BCUT2D eigenvalue weighted by molar-refractivity contribution is 6.15. The molecule has 0 atom stereocenters. The lowest BCUT2D eigenvalue weighted by Gasteiger charge is -2.18. The number of fused-ring (bicyclic) bond motifs is 6. The van der Waals surface area contributed by atoms with Crippen molar-refractivity contribution in [2.24, 2.45) is 0 Å². The van der Waals surface area contributed by atoms with Gasteiger partial charge in [-0.15, -0.1) is 0 Å². The summed E-state index contributed by atoms with van der Waals surface area (Å²) in [5.41, 5.74) is 11.4. The van der Waals surface area contributed by atoms with Crippen molar-refractivity contribution < 1.29 is 0 Å². The van der Waals surface area contributed by atoms with E-state index in [9.17, 15) is 10.5 Å². The Labute approximate surface area is 288 Å². The van der Waals surface area contributed by atoms with E-state index >= 15 is 0 Å². The Kier molecular flexibility index (Phi) is 6.56. The normalized spacial score (nSPS) is 11.1. The quantitative estimate of drug-likeness (QED) is 0.181. The molecule has 0 saturated carbocycles. The Morgan fingerprint density at radius 2 is 1.20 bits per heavy atom. The highest BCUT2D eigenvalue weighted by Crippen LogP contribution is 2.43. The molecule has 0 aliphatic heterocycles. The van der Waals surface area contributed by atoms with Gasteiger partial charge in [0.1, 0.15) is 0 Å². The molecule has 2 aromatic heterocycles. The topological polar surface area (TPSA) is 61.8 Å². The molecule has 0 aliphatic carbocycles. The minimum Gasteiger partial charge on any atom is -0.310 e. The van der Waals surface area contributed by atoms with Gasteiger partial charge >= 0.3 is 0 Å². The van der Waals surface area contributed by atoms with Gasteiger partial charge in [0.2, 0.25) is 0 Å². The Morgan fingerprint density at radius 3 is 2.02 bits per heavy atom. The molecule has 5 heteroatoms. The van der Waals surface area contributed by atoms with Crippen LogP contribution >= 0.6 is 0 Å². The Morgan fingerprint density at radius 1 is 0.520 bits per heavy atom. The van der Waals surface area contributed by atoms with Crippen LogP contribution in [-0.2, 0) is 0 Å². The molecule has 230 valence electrons. The summed E-state index contributed by atoms with van der Waals surface area (Å²) in [4.78, 5) is 3.87. The number of hydrogen-bond acceptors (Lipinski definition) is 2. The Balaban J connectivity index is 1.30. The first-order valence-electron chi connectivity index (χ1n) is 16.3. The van der Waals surface area contributed by atoms with Crippen LogP contribution in [0.1, 0.15) is 11.1 Å². The van der Waals surface area contributed by atoms with Crippen LogP contribution in [-0.4, -0.2) is 9.13 Å². The maximum atomic E-state index is 10.5. The number of benzene rings is 7. The van der Waals surface area contributed by atoms with E-state index in [1.165, 1.54) is 0 Å². The predicted octanol–water partition coefficient (Wildman–Crippen LogP) is 11.5. The maximum absolute atomic E-state index is 10.5. The molecule has 0 unspecified atom stereocenters. The van der Waals surface area contributed by atoms with E-state index in [4.69, 9.17) is 6.57 Å². The van der Waals surface area contributed by atoms with E-state index in [0.717, 1.165) is 77.2 Å². The van der Waals surface area contributed by atoms with Crippen molar-refractivity contribution in [3.8, 4) is 45.8 Å². The molecular formula is C45H25N5. The van der Waals surface area contributed by atoms with Crippen molar-refractivity contribution >= 4 is 49.3 Å². The molecule has 0 amide bonds. The molecule has 0 saturated heterocycles. The van der Waals surface area contributed by atoms with Gasteiger partial charge in [-0.2, -0.15) is 10.5 Å². The van der Waals surface area contributed by atoms with Crippen LogP contribution in [0.3, 0.4) is 0 Å². The standard InChI is InChI=1S/C45H25N5/c1-48-38-18-10-22-43-45(38)36-16-4-7-21-41(36)50(43)40-20-6-2-14-33(40)35-17-9-12-31(28-47)44(35)30-11-8-13-32(26-30)49-39-19-5-3-15-34(39)37-25-29(27-46)23-24-42(37)49/h2-26H. The van der Waals surface area contributed by atoms with Crippen molar-refractivity contribution in [1.82, 2.24) is 9.13 Å². The number of hydrogen-bond donors (Lipinski definition) is 0. The lowest BCUT2D eigenvalue weighted by Crippen LogP contribution is -1.99. The van der Waals surface area contributed by atoms with Crippen LogP contribution in [0.25, 0.3) is 82.1 Å². The van der Waals surface area contributed by atoms with Crippen LogP contribution in [0.2, 0.25) is 0 Å². The summed E-state index contributed by atoms with van der Waals surface area (Å²) in [7, 11) is 0. The molecule has 0 spiro atoms. The molecule has 9 rings (SSSR count). The summed E-state index contributed by atoms with van der Waals surface area (Å²) in [6, 6.07) is 55.5. The average molecular weight is 636 g/mol. The summed E-state index contributed by atoms with van der Waals surface area (Å²) in [5, 5.41) is 24.2. The van der Waals surface area contributed by atoms with Gasteiger partial charge in [-0.05, 0) is 77.2 Å². The minimum absolute atomic E-state index is 0.577. The summed E-state index contributed by atoms with van der Waals surface area (Å²) in [6.07, 6.45) is 0. The van der Waals surface area contributed by atoms with E-state index in [-0.39, 0.29) is 0 Å². The van der Waals surface area contributed by atoms with Crippen molar-refractivity contribution in [2.75, 3.05) is 0 Å². The average Bonchev–Trinajstić information content (AvgIpc) is 3.70. The van der Waals surface area contributed by atoms with Crippen molar-refractivity contribution in [3.05, 3.63) is 174 Å². The summed E-state index contributed by atoms with van der Waals surface area (Å²) in [5.74, 6) is 0. The zero-order chi connectivity index (χ0) is 33.8. The number of rotatable bonds is 4. The molecule has 0 N–H and O–H groups in total. The van der Waals surface area contributed by atoms with E-state index in [2.05, 4.69) is 92.8 Å². The van der Waals surface area contributed by atoms with Crippen LogP contribution in [0, 0.1) is 29.2 Å². The van der Waals surface area contributed by atoms with Gasteiger partial charge in [0, 0.05) is 38.5 Å². The molecule has 0 aliphatic rings. The number of aromatic nitrogens is 2. The van der Waals surface area contributed by atoms with Crippen LogP contribution < -0.4 is 0 Å². The van der Waals surface area contributed by atoms with Gasteiger partial charge in [-0.3, -0.25) is 0 Å². The van der Waals surface area contributed by atoms with Crippen LogP contribution in [0.5, 0.6) is 0 Å². The number of para-hydroxylation sites is 3. The second kappa shape index (κ2) is 11.4. The predicted molar refractivity (Wildman–Crippen MR) is 202 cm³/mol. The minimum atomic E-state index is 0.577. The van der Waals surface area contributed by atoms with Gasteiger partial charge < -0.3 is 9.13 Å². The lowest BCUT2D eigenvalue weighted by molar-refractivity contribution is 1.18. The highest BCUT2D eigenvalue weighted by Gasteiger charge is 2.21. The molecule has 50 heavy (non-hydrogen) atoms. The Bertz CT molecular complexity index is 2970. The first-order valence-corrected chi connectivity index (χ1v) is 16.3. The van der Waals surface area contributed by atoms with E-state index in [0.29, 0.717) is 16.8 Å². The zero-order valence-corrected chi connectivity index (χ0v) is 26.7. The van der Waals surface area contributed by atoms with Gasteiger partial charge in [0.05, 0.1) is 52.1 Å². The third-order valence-corrected chi connectivity index (χ3v) is 9.61. The van der Waals surface area contributed by atoms with E-state index < -0.39 is 0 Å². The van der Waals surface area contributed by atoms with Crippen molar-refractivity contribution in [3.63, 3.8) is 0 Å². The van der Waals surface area contributed by atoms with Gasteiger partial charge in [-0.1, -0.05) is 91.0 Å². The van der Waals surface area contributed by atoms with Crippen LogP contribution in [0.15, 0.2) is 152 Å². The van der Waals surface area contributed by atoms with Crippen molar-refractivity contribution in [1.29, 1.82) is 10.5 Å².